The summed E-state index contributed by atoms with van der Waals surface area (Å²) in [5, 5.41) is 4.63. The van der Waals surface area contributed by atoms with Gasteiger partial charge in [-0.05, 0) is 50.6 Å². The topological polar surface area (TPSA) is 17.0 Å². The molecule has 0 amide bonds. The van der Waals surface area contributed by atoms with Crippen molar-refractivity contribution in [1.82, 2.24) is 9.88 Å². The monoisotopic (exact) mass is 244 g/mol. The number of aryl methyl sites for hydroxylation is 2. The van der Waals surface area contributed by atoms with Crippen LogP contribution in [0.15, 0.2) is 18.2 Å². The largest absolute Gasteiger partial charge is 0.345 e. The summed E-state index contributed by atoms with van der Waals surface area (Å²) in [4.78, 5) is 0. The molecule has 1 heterocycles. The minimum Gasteiger partial charge on any atom is -0.345 e. The lowest BCUT2D eigenvalue weighted by atomic mass is 10.1. The highest BCUT2D eigenvalue weighted by atomic mass is 15.0. The van der Waals surface area contributed by atoms with Crippen molar-refractivity contribution in [3.8, 4) is 0 Å². The summed E-state index contributed by atoms with van der Waals surface area (Å²) in [5.41, 5.74) is 5.60. The maximum Gasteiger partial charge on any atom is 0.0485 e. The van der Waals surface area contributed by atoms with Crippen LogP contribution in [0.25, 0.3) is 10.9 Å². The summed E-state index contributed by atoms with van der Waals surface area (Å²) < 4.78 is 2.47. The fourth-order valence-electron chi connectivity index (χ4n) is 2.62. The predicted octanol–water partition coefficient (Wildman–Crippen LogP) is 3.78. The molecule has 1 aromatic carbocycles. The molecule has 0 aliphatic heterocycles. The first kappa shape index (κ1) is 13.2. The standard InChI is InChI=1S/C16H24N2/c1-5-6-9-18-13(3)12(2)15-10-14(11-17-4)7-8-16(15)18/h7-8,10,17H,5-6,9,11H2,1-4H3. The molecule has 1 aromatic heterocycles. The van der Waals surface area contributed by atoms with Crippen LogP contribution in [0.5, 0.6) is 0 Å². The van der Waals surface area contributed by atoms with Gasteiger partial charge in [-0.2, -0.15) is 0 Å². The Labute approximate surface area is 110 Å². The van der Waals surface area contributed by atoms with Gasteiger partial charge >= 0.3 is 0 Å². The van der Waals surface area contributed by atoms with Gasteiger partial charge in [0.1, 0.15) is 0 Å². The van der Waals surface area contributed by atoms with Gasteiger partial charge in [0.25, 0.3) is 0 Å². The van der Waals surface area contributed by atoms with Crippen LogP contribution in [0.3, 0.4) is 0 Å². The SMILES string of the molecule is CCCCn1c(C)c(C)c2cc(CNC)ccc21. The fraction of sp³-hybridized carbons (Fsp3) is 0.500. The first-order chi connectivity index (χ1) is 8.69. The van der Waals surface area contributed by atoms with Crippen LogP contribution in [0.4, 0.5) is 0 Å². The Morgan fingerprint density at radius 2 is 2.00 bits per heavy atom. The maximum atomic E-state index is 3.22. The Bertz CT molecular complexity index is 538. The van der Waals surface area contributed by atoms with Crippen molar-refractivity contribution in [3.05, 3.63) is 35.0 Å². The molecule has 0 aliphatic rings. The van der Waals surface area contributed by atoms with Crippen molar-refractivity contribution >= 4 is 10.9 Å². The summed E-state index contributed by atoms with van der Waals surface area (Å²) in [7, 11) is 1.99. The first-order valence-electron chi connectivity index (χ1n) is 6.92. The smallest absolute Gasteiger partial charge is 0.0485 e. The van der Waals surface area contributed by atoms with Crippen molar-refractivity contribution < 1.29 is 0 Å². The highest BCUT2D eigenvalue weighted by Gasteiger charge is 2.10. The van der Waals surface area contributed by atoms with Gasteiger partial charge in [-0.3, -0.25) is 0 Å². The van der Waals surface area contributed by atoms with Crippen molar-refractivity contribution in [1.29, 1.82) is 0 Å². The third-order valence-corrected chi connectivity index (χ3v) is 3.82. The number of hydrogen-bond acceptors (Lipinski definition) is 1. The first-order valence-corrected chi connectivity index (χ1v) is 6.92. The van der Waals surface area contributed by atoms with Gasteiger partial charge in [0.05, 0.1) is 0 Å². The quantitative estimate of drug-likeness (QED) is 0.847. The minimum absolute atomic E-state index is 0.939. The number of aromatic nitrogens is 1. The molecule has 0 bridgehead atoms. The van der Waals surface area contributed by atoms with Crippen LogP contribution < -0.4 is 5.32 Å². The Hall–Kier alpha value is -1.28. The molecule has 2 nitrogen and oxygen atoms in total. The van der Waals surface area contributed by atoms with Crippen LogP contribution in [0.2, 0.25) is 0 Å². The number of hydrogen-bond donors (Lipinski definition) is 1. The number of nitrogens with one attached hydrogen (secondary N) is 1. The van der Waals surface area contributed by atoms with E-state index in [4.69, 9.17) is 0 Å². The lowest BCUT2D eigenvalue weighted by Crippen LogP contribution is -2.04. The van der Waals surface area contributed by atoms with Crippen LogP contribution >= 0.6 is 0 Å². The van der Waals surface area contributed by atoms with E-state index in [0.29, 0.717) is 0 Å². The molecule has 0 atom stereocenters. The van der Waals surface area contributed by atoms with E-state index < -0.39 is 0 Å². The zero-order chi connectivity index (χ0) is 13.1. The Morgan fingerprint density at radius 3 is 2.67 bits per heavy atom. The normalized spacial score (nSPS) is 11.3. The highest BCUT2D eigenvalue weighted by molar-refractivity contribution is 5.86. The Kier molecular flexibility index (Phi) is 4.07. The van der Waals surface area contributed by atoms with E-state index in [1.165, 1.54) is 40.6 Å². The van der Waals surface area contributed by atoms with Crippen LogP contribution in [-0.2, 0) is 13.1 Å². The van der Waals surface area contributed by atoms with Gasteiger partial charge in [0, 0.05) is 29.7 Å². The van der Waals surface area contributed by atoms with Crippen molar-refractivity contribution in [3.63, 3.8) is 0 Å². The molecule has 0 aliphatic carbocycles. The second-order valence-electron chi connectivity index (χ2n) is 5.10. The van der Waals surface area contributed by atoms with E-state index >= 15 is 0 Å². The summed E-state index contributed by atoms with van der Waals surface area (Å²) in [5.74, 6) is 0. The number of unbranched alkanes of at least 4 members (excludes halogenated alkanes) is 1. The molecule has 1 N–H and O–H groups in total. The van der Waals surface area contributed by atoms with E-state index in [1.54, 1.807) is 0 Å². The average molecular weight is 244 g/mol. The third kappa shape index (κ3) is 2.30. The summed E-state index contributed by atoms with van der Waals surface area (Å²) in [6.45, 7) is 8.80. The highest BCUT2D eigenvalue weighted by Crippen LogP contribution is 2.26. The minimum atomic E-state index is 0.939. The van der Waals surface area contributed by atoms with Crippen LogP contribution in [0, 0.1) is 13.8 Å². The number of fused-ring (bicyclic) bond motifs is 1. The third-order valence-electron chi connectivity index (χ3n) is 3.82. The Morgan fingerprint density at radius 1 is 1.22 bits per heavy atom. The van der Waals surface area contributed by atoms with Gasteiger partial charge in [0.2, 0.25) is 0 Å². The maximum absolute atomic E-state index is 3.22. The molecular weight excluding hydrogens is 220 g/mol. The van der Waals surface area contributed by atoms with Gasteiger partial charge in [-0.1, -0.05) is 19.4 Å². The fourth-order valence-corrected chi connectivity index (χ4v) is 2.62. The molecule has 0 saturated heterocycles. The van der Waals surface area contributed by atoms with Gasteiger partial charge in [-0.15, -0.1) is 0 Å². The zero-order valence-corrected chi connectivity index (χ0v) is 12.0. The molecule has 98 valence electrons. The average Bonchev–Trinajstić information content (AvgIpc) is 2.61. The van der Waals surface area contributed by atoms with Crippen LogP contribution in [0.1, 0.15) is 36.6 Å². The molecule has 18 heavy (non-hydrogen) atoms. The lowest BCUT2D eigenvalue weighted by Gasteiger charge is -2.07. The zero-order valence-electron chi connectivity index (χ0n) is 12.0. The lowest BCUT2D eigenvalue weighted by molar-refractivity contribution is 0.636. The van der Waals surface area contributed by atoms with Crippen molar-refractivity contribution in [2.75, 3.05) is 7.05 Å². The summed E-state index contributed by atoms with van der Waals surface area (Å²) >= 11 is 0. The Balaban J connectivity index is 2.49. The summed E-state index contributed by atoms with van der Waals surface area (Å²) in [6, 6.07) is 6.84. The van der Waals surface area contributed by atoms with E-state index in [1.807, 2.05) is 7.05 Å². The second kappa shape index (κ2) is 5.57. The molecule has 2 rings (SSSR count). The molecule has 0 fully saturated rings. The second-order valence-corrected chi connectivity index (χ2v) is 5.10. The predicted molar refractivity (Wildman–Crippen MR) is 79.1 cm³/mol. The molecule has 0 radical (unpaired) electrons. The molecule has 2 heteroatoms. The molecule has 2 aromatic rings. The van der Waals surface area contributed by atoms with Gasteiger partial charge in [-0.25, -0.2) is 0 Å². The van der Waals surface area contributed by atoms with Crippen LogP contribution in [-0.4, -0.2) is 11.6 Å². The molecule has 0 saturated carbocycles. The van der Waals surface area contributed by atoms with Gasteiger partial charge < -0.3 is 9.88 Å². The number of rotatable bonds is 5. The van der Waals surface area contributed by atoms with E-state index in [0.717, 1.165) is 13.1 Å². The molecular formula is C16H24N2. The molecule has 0 unspecified atom stereocenters. The van der Waals surface area contributed by atoms with E-state index in [9.17, 15) is 0 Å². The number of nitrogens with zero attached hydrogens (tertiary/aromatic N) is 1. The van der Waals surface area contributed by atoms with Crippen molar-refractivity contribution in [2.24, 2.45) is 0 Å². The van der Waals surface area contributed by atoms with E-state index in [-0.39, 0.29) is 0 Å². The van der Waals surface area contributed by atoms with E-state index in [2.05, 4.69) is 48.9 Å². The summed E-state index contributed by atoms with van der Waals surface area (Å²) in [6.07, 6.45) is 2.50. The van der Waals surface area contributed by atoms with Crippen molar-refractivity contribution in [2.45, 2.75) is 46.7 Å². The molecule has 0 spiro atoms. The number of benzene rings is 1. The van der Waals surface area contributed by atoms with Gasteiger partial charge in [0.15, 0.2) is 0 Å².